The van der Waals surface area contributed by atoms with E-state index in [0.29, 0.717) is 34.5 Å². The number of ether oxygens (including phenoxy) is 9. The average molecular weight is 812 g/mol. The van der Waals surface area contributed by atoms with Gasteiger partial charge in [0.2, 0.25) is 0 Å². The maximum absolute atomic E-state index is 10.9. The van der Waals surface area contributed by atoms with E-state index in [4.69, 9.17) is 58.0 Å². The summed E-state index contributed by atoms with van der Waals surface area (Å²) in [6, 6.07) is 8.51. The predicted molar refractivity (Wildman–Crippen MR) is 159 cm³/mol. The number of carbonyl (C=O) groups is 3. The fourth-order valence-electron chi connectivity index (χ4n) is 3.59. The van der Waals surface area contributed by atoms with E-state index in [0.717, 1.165) is 0 Å². The summed E-state index contributed by atoms with van der Waals surface area (Å²) in [6.45, 7) is 0. The van der Waals surface area contributed by atoms with E-state index in [2.05, 4.69) is 0 Å². The zero-order valence-corrected chi connectivity index (χ0v) is 28.1. The summed E-state index contributed by atoms with van der Waals surface area (Å²) in [5, 5.41) is 26.7. The van der Waals surface area contributed by atoms with Crippen LogP contribution in [0.4, 0.5) is 0 Å². The number of carboxylic acids is 3. The number of aromatic carboxylic acids is 3. The standard InChI is InChI=1S/3C10H12O5.Lu/c3*1-13-7-5-9(15-3)8(14-2)4-6(7)10(11)12;/h3*4-5H,1-3H3,(H,11,12);. The summed E-state index contributed by atoms with van der Waals surface area (Å²) in [5.41, 5.74) is 0.112. The molecule has 0 aromatic heterocycles. The van der Waals surface area contributed by atoms with Crippen LogP contribution in [0.5, 0.6) is 51.7 Å². The quantitative estimate of drug-likeness (QED) is 0.235. The molecule has 261 valence electrons. The molecule has 46 heavy (non-hydrogen) atoms. The summed E-state index contributed by atoms with van der Waals surface area (Å²) in [7, 11) is 12.9. The maximum Gasteiger partial charge on any atom is 0.339 e. The van der Waals surface area contributed by atoms with Gasteiger partial charge in [0.05, 0.1) is 64.0 Å². The number of carboxylic acid groups (broad SMARTS) is 3. The molecule has 3 rings (SSSR count). The first kappa shape index (κ1) is 41.5. The van der Waals surface area contributed by atoms with Crippen molar-refractivity contribution in [1.29, 1.82) is 0 Å². The van der Waals surface area contributed by atoms with E-state index in [9.17, 15) is 14.4 Å². The summed E-state index contributed by atoms with van der Waals surface area (Å²) in [6.07, 6.45) is 0. The van der Waals surface area contributed by atoms with Crippen molar-refractivity contribution >= 4 is 17.9 Å². The molecule has 0 spiro atoms. The second-order valence-electron chi connectivity index (χ2n) is 8.14. The molecule has 0 aliphatic carbocycles. The van der Waals surface area contributed by atoms with Crippen molar-refractivity contribution < 1.29 is 109 Å². The molecule has 3 aromatic carbocycles. The van der Waals surface area contributed by atoms with E-state index in [-0.39, 0.29) is 70.8 Å². The molecule has 16 heteroatoms. The monoisotopic (exact) mass is 811 g/mol. The van der Waals surface area contributed by atoms with Gasteiger partial charge in [-0.3, -0.25) is 0 Å². The van der Waals surface area contributed by atoms with Gasteiger partial charge >= 0.3 is 17.9 Å². The second-order valence-corrected chi connectivity index (χ2v) is 8.14. The van der Waals surface area contributed by atoms with Crippen LogP contribution in [0.15, 0.2) is 36.4 Å². The number of hydrogen-bond donors (Lipinski definition) is 3. The van der Waals surface area contributed by atoms with Crippen LogP contribution in [-0.4, -0.2) is 97.2 Å². The van der Waals surface area contributed by atoms with Crippen molar-refractivity contribution in [3.63, 3.8) is 0 Å². The molecule has 0 aliphatic rings. The third-order valence-corrected chi connectivity index (χ3v) is 5.81. The van der Waals surface area contributed by atoms with Crippen molar-refractivity contribution in [2.24, 2.45) is 0 Å². The van der Waals surface area contributed by atoms with Crippen LogP contribution in [0.1, 0.15) is 31.1 Å². The molecule has 0 bridgehead atoms. The molecule has 0 saturated heterocycles. The number of methoxy groups -OCH3 is 9. The normalized spacial score (nSPS) is 9.33. The molecule has 0 aliphatic heterocycles. The Morgan fingerprint density at radius 3 is 0.630 bits per heavy atom. The Labute approximate surface area is 294 Å². The largest absolute Gasteiger partial charge is 0.496 e. The van der Waals surface area contributed by atoms with Gasteiger partial charge in [-0.1, -0.05) is 0 Å². The summed E-state index contributed by atoms with van der Waals surface area (Å²) < 4.78 is 44.8. The van der Waals surface area contributed by atoms with Crippen LogP contribution in [0.3, 0.4) is 0 Å². The van der Waals surface area contributed by atoms with Crippen LogP contribution in [-0.2, 0) is 0 Å². The molecule has 0 fully saturated rings. The Morgan fingerprint density at radius 1 is 0.348 bits per heavy atom. The van der Waals surface area contributed by atoms with Gasteiger partial charge < -0.3 is 58.0 Å². The van der Waals surface area contributed by atoms with Gasteiger partial charge in [-0.15, -0.1) is 0 Å². The molecule has 0 atom stereocenters. The first-order chi connectivity index (χ1) is 21.4. The van der Waals surface area contributed by atoms with Crippen molar-refractivity contribution in [3.05, 3.63) is 53.1 Å². The molecule has 1 radical (unpaired) electrons. The van der Waals surface area contributed by atoms with E-state index >= 15 is 0 Å². The summed E-state index contributed by atoms with van der Waals surface area (Å²) in [5.74, 6) is -0.158. The average Bonchev–Trinajstić information content (AvgIpc) is 3.06. The molecule has 3 N–H and O–H groups in total. The summed E-state index contributed by atoms with van der Waals surface area (Å²) >= 11 is 0. The Balaban J connectivity index is 0.000000653. The third-order valence-electron chi connectivity index (χ3n) is 5.81. The van der Waals surface area contributed by atoms with Gasteiger partial charge in [-0.05, 0) is 0 Å². The predicted octanol–water partition coefficient (Wildman–Crippen LogP) is 4.23. The van der Waals surface area contributed by atoms with Gasteiger partial charge in [-0.2, -0.15) is 0 Å². The minimum absolute atomic E-state index is 0. The number of hydrogen-bond acceptors (Lipinski definition) is 12. The van der Waals surface area contributed by atoms with Crippen LogP contribution in [0, 0.1) is 36.9 Å². The summed E-state index contributed by atoms with van der Waals surface area (Å²) in [4.78, 5) is 32.6. The topological polar surface area (TPSA) is 195 Å². The van der Waals surface area contributed by atoms with Crippen molar-refractivity contribution in [1.82, 2.24) is 0 Å². The van der Waals surface area contributed by atoms with Crippen LogP contribution in [0.2, 0.25) is 0 Å². The number of benzene rings is 3. The Morgan fingerprint density at radius 2 is 0.500 bits per heavy atom. The second kappa shape index (κ2) is 20.5. The zero-order valence-electron chi connectivity index (χ0n) is 26.5. The molecular weight excluding hydrogens is 775 g/mol. The van der Waals surface area contributed by atoms with Crippen molar-refractivity contribution in [2.75, 3.05) is 64.0 Å². The minimum atomic E-state index is -1.08. The van der Waals surface area contributed by atoms with Crippen molar-refractivity contribution in [3.8, 4) is 51.7 Å². The van der Waals surface area contributed by atoms with Gasteiger partial charge in [0.1, 0.15) is 33.9 Å². The van der Waals surface area contributed by atoms with Gasteiger partial charge in [-0.25, -0.2) is 14.4 Å². The van der Waals surface area contributed by atoms with Crippen LogP contribution < -0.4 is 42.6 Å². The first-order valence-electron chi connectivity index (χ1n) is 12.5. The zero-order chi connectivity index (χ0) is 34.3. The van der Waals surface area contributed by atoms with Crippen LogP contribution in [0.25, 0.3) is 0 Å². The molecule has 0 heterocycles. The number of rotatable bonds is 12. The SMILES string of the molecule is COc1cc(OC)c(C(=O)O)cc1OC.COc1cc(OC)c(C(=O)O)cc1OC.COc1cc(OC)c(C(=O)O)cc1OC.[Lu]. The van der Waals surface area contributed by atoms with E-state index in [1.807, 2.05) is 0 Å². The van der Waals surface area contributed by atoms with E-state index in [1.165, 1.54) is 100 Å². The Bertz CT molecular complexity index is 1300. The molecular formula is C30H36LuO15. The fourth-order valence-corrected chi connectivity index (χ4v) is 3.59. The molecule has 3 aromatic rings. The van der Waals surface area contributed by atoms with E-state index < -0.39 is 17.9 Å². The van der Waals surface area contributed by atoms with Crippen molar-refractivity contribution in [2.45, 2.75) is 0 Å². The smallest absolute Gasteiger partial charge is 0.339 e. The Kier molecular flexibility index (Phi) is 18.5. The van der Waals surface area contributed by atoms with Gasteiger partial charge in [0.25, 0.3) is 0 Å². The Hall–Kier alpha value is -4.50. The van der Waals surface area contributed by atoms with Crippen LogP contribution >= 0.6 is 0 Å². The first-order valence-corrected chi connectivity index (χ1v) is 12.5. The van der Waals surface area contributed by atoms with Gasteiger partial charge in [0, 0.05) is 73.3 Å². The van der Waals surface area contributed by atoms with E-state index in [1.54, 1.807) is 0 Å². The maximum atomic E-state index is 10.9. The molecule has 0 saturated carbocycles. The molecule has 15 nitrogen and oxygen atoms in total. The molecule has 0 amide bonds. The molecule has 0 unspecified atom stereocenters. The third kappa shape index (κ3) is 10.8. The minimum Gasteiger partial charge on any atom is -0.496 e. The van der Waals surface area contributed by atoms with Gasteiger partial charge in [0.15, 0.2) is 34.5 Å². The fraction of sp³-hybridized carbons (Fsp3) is 0.300.